The van der Waals surface area contributed by atoms with Crippen molar-refractivity contribution in [3.05, 3.63) is 54.0 Å². The number of ether oxygens (including phenoxy) is 1. The Kier molecular flexibility index (Phi) is 5.85. The number of nitrogens with one attached hydrogen (secondary N) is 2. The van der Waals surface area contributed by atoms with Crippen molar-refractivity contribution in [1.29, 1.82) is 0 Å². The summed E-state index contributed by atoms with van der Waals surface area (Å²) in [6.07, 6.45) is 2.31. The van der Waals surface area contributed by atoms with Crippen LogP contribution in [0.3, 0.4) is 0 Å². The number of halogens is 1. The molecule has 0 aliphatic carbocycles. The number of nitrogens with zero attached hydrogens (tertiary/aromatic N) is 1. The molecule has 0 fully saturated rings. The topological polar surface area (TPSA) is 63.2 Å². The molecule has 6 heteroatoms. The summed E-state index contributed by atoms with van der Waals surface area (Å²) >= 11 is 0. The Hall–Kier alpha value is -2.47. The highest BCUT2D eigenvalue weighted by molar-refractivity contribution is 5.94. The molecular weight excluding hydrogens is 285 g/mol. The van der Waals surface area contributed by atoms with E-state index in [2.05, 4.69) is 15.6 Å². The smallest absolute Gasteiger partial charge is 0.251 e. The van der Waals surface area contributed by atoms with Crippen LogP contribution in [0.5, 0.6) is 0 Å². The van der Waals surface area contributed by atoms with Gasteiger partial charge in [0.2, 0.25) is 0 Å². The van der Waals surface area contributed by atoms with E-state index in [-0.39, 0.29) is 11.7 Å². The first-order valence-electron chi connectivity index (χ1n) is 6.95. The second-order valence-corrected chi connectivity index (χ2v) is 4.66. The number of aromatic nitrogens is 1. The maximum Gasteiger partial charge on any atom is 0.251 e. The van der Waals surface area contributed by atoms with Gasteiger partial charge in [-0.1, -0.05) is 0 Å². The van der Waals surface area contributed by atoms with Gasteiger partial charge in [0.05, 0.1) is 0 Å². The summed E-state index contributed by atoms with van der Waals surface area (Å²) in [5.41, 5.74) is 1.21. The maximum absolute atomic E-state index is 12.9. The molecule has 0 aliphatic heterocycles. The zero-order valence-electron chi connectivity index (χ0n) is 12.3. The van der Waals surface area contributed by atoms with Gasteiger partial charge in [0.25, 0.3) is 5.91 Å². The second-order valence-electron chi connectivity index (χ2n) is 4.66. The molecule has 0 saturated carbocycles. The first-order valence-corrected chi connectivity index (χ1v) is 6.95. The molecule has 116 valence electrons. The lowest BCUT2D eigenvalue weighted by Crippen LogP contribution is -2.25. The van der Waals surface area contributed by atoms with Gasteiger partial charge in [-0.15, -0.1) is 0 Å². The zero-order chi connectivity index (χ0) is 15.8. The van der Waals surface area contributed by atoms with Gasteiger partial charge in [-0.2, -0.15) is 0 Å². The number of benzene rings is 1. The molecule has 0 aliphatic rings. The van der Waals surface area contributed by atoms with Crippen LogP contribution < -0.4 is 10.6 Å². The third kappa shape index (κ3) is 4.82. The second kappa shape index (κ2) is 8.09. The highest BCUT2D eigenvalue weighted by Crippen LogP contribution is 2.15. The lowest BCUT2D eigenvalue weighted by atomic mass is 10.2. The average molecular weight is 303 g/mol. The molecule has 1 aromatic carbocycles. The fraction of sp³-hybridized carbons (Fsp3) is 0.250. The fourth-order valence-corrected chi connectivity index (χ4v) is 1.84. The number of carbonyl (C=O) groups excluding carboxylic acids is 1. The van der Waals surface area contributed by atoms with Crippen LogP contribution in [-0.2, 0) is 4.74 Å². The van der Waals surface area contributed by atoms with Crippen molar-refractivity contribution in [2.24, 2.45) is 0 Å². The van der Waals surface area contributed by atoms with E-state index in [1.54, 1.807) is 37.6 Å². The van der Waals surface area contributed by atoms with Gasteiger partial charge in [-0.25, -0.2) is 9.37 Å². The monoisotopic (exact) mass is 303 g/mol. The van der Waals surface area contributed by atoms with E-state index in [1.165, 1.54) is 12.1 Å². The van der Waals surface area contributed by atoms with Crippen molar-refractivity contribution in [1.82, 2.24) is 10.3 Å². The minimum Gasteiger partial charge on any atom is -0.385 e. The van der Waals surface area contributed by atoms with Gasteiger partial charge in [-0.05, 0) is 42.8 Å². The molecule has 2 rings (SSSR count). The first-order chi connectivity index (χ1) is 10.7. The van der Waals surface area contributed by atoms with Crippen molar-refractivity contribution in [2.45, 2.75) is 6.42 Å². The Balaban J connectivity index is 1.97. The van der Waals surface area contributed by atoms with Gasteiger partial charge < -0.3 is 15.4 Å². The number of methoxy groups -OCH3 is 1. The number of hydrogen-bond donors (Lipinski definition) is 2. The molecule has 0 radical (unpaired) electrons. The normalized spacial score (nSPS) is 10.3. The maximum atomic E-state index is 12.9. The van der Waals surface area contributed by atoms with Gasteiger partial charge in [0.15, 0.2) is 0 Å². The summed E-state index contributed by atoms with van der Waals surface area (Å²) in [5.74, 6) is 0.0551. The standard InChI is InChI=1S/C16H18FN3O2/c1-22-10-2-8-19-16(21)12-7-9-18-15(11-12)20-14-5-3-13(17)4-6-14/h3-7,9,11H,2,8,10H2,1H3,(H,18,20)(H,19,21). The quantitative estimate of drug-likeness (QED) is 0.772. The lowest BCUT2D eigenvalue weighted by molar-refractivity contribution is 0.0948. The Bertz CT molecular complexity index is 617. The van der Waals surface area contributed by atoms with Crippen LogP contribution in [0.25, 0.3) is 0 Å². The van der Waals surface area contributed by atoms with Crippen LogP contribution in [0, 0.1) is 5.82 Å². The number of amides is 1. The number of hydrogen-bond acceptors (Lipinski definition) is 4. The molecule has 1 heterocycles. The van der Waals surface area contributed by atoms with Crippen molar-refractivity contribution in [3.8, 4) is 0 Å². The highest BCUT2D eigenvalue weighted by atomic mass is 19.1. The summed E-state index contributed by atoms with van der Waals surface area (Å²) in [6, 6.07) is 9.21. The van der Waals surface area contributed by atoms with E-state index < -0.39 is 0 Å². The van der Waals surface area contributed by atoms with Crippen LogP contribution >= 0.6 is 0 Å². The number of rotatable bonds is 7. The minimum absolute atomic E-state index is 0.166. The molecule has 0 spiro atoms. The lowest BCUT2D eigenvalue weighted by Gasteiger charge is -2.08. The Labute approximate surface area is 128 Å². The van der Waals surface area contributed by atoms with E-state index in [0.29, 0.717) is 30.2 Å². The minimum atomic E-state index is -0.303. The predicted octanol–water partition coefficient (Wildman–Crippen LogP) is 2.73. The van der Waals surface area contributed by atoms with Crippen molar-refractivity contribution in [2.75, 3.05) is 25.6 Å². The Morgan fingerprint density at radius 3 is 2.77 bits per heavy atom. The van der Waals surface area contributed by atoms with Gasteiger partial charge in [-0.3, -0.25) is 4.79 Å². The van der Waals surface area contributed by atoms with Crippen LogP contribution in [0.15, 0.2) is 42.6 Å². The summed E-state index contributed by atoms with van der Waals surface area (Å²) in [5, 5.41) is 5.83. The number of anilines is 2. The fourth-order valence-electron chi connectivity index (χ4n) is 1.84. The first kappa shape index (κ1) is 15.9. The molecule has 0 bridgehead atoms. The predicted molar refractivity (Wildman–Crippen MR) is 82.7 cm³/mol. The molecular formula is C16H18FN3O2. The summed E-state index contributed by atoms with van der Waals surface area (Å²) in [4.78, 5) is 16.1. The van der Waals surface area contributed by atoms with E-state index in [4.69, 9.17) is 4.74 Å². The molecule has 22 heavy (non-hydrogen) atoms. The van der Waals surface area contributed by atoms with E-state index in [0.717, 1.165) is 6.42 Å². The van der Waals surface area contributed by atoms with Crippen LogP contribution in [-0.4, -0.2) is 31.2 Å². The molecule has 2 aromatic rings. The zero-order valence-corrected chi connectivity index (χ0v) is 12.3. The molecule has 0 saturated heterocycles. The summed E-state index contributed by atoms with van der Waals surface area (Å²) < 4.78 is 17.8. The Morgan fingerprint density at radius 2 is 2.05 bits per heavy atom. The Morgan fingerprint density at radius 1 is 1.27 bits per heavy atom. The molecule has 2 N–H and O–H groups in total. The molecule has 0 unspecified atom stereocenters. The molecule has 1 amide bonds. The van der Waals surface area contributed by atoms with E-state index in [9.17, 15) is 9.18 Å². The highest BCUT2D eigenvalue weighted by Gasteiger charge is 2.06. The average Bonchev–Trinajstić information content (AvgIpc) is 2.54. The van der Waals surface area contributed by atoms with Crippen molar-refractivity contribution >= 4 is 17.4 Å². The summed E-state index contributed by atoms with van der Waals surface area (Å²) in [7, 11) is 1.62. The third-order valence-corrected chi connectivity index (χ3v) is 2.95. The van der Waals surface area contributed by atoms with Crippen LogP contribution in [0.1, 0.15) is 16.8 Å². The van der Waals surface area contributed by atoms with E-state index in [1.807, 2.05) is 0 Å². The van der Waals surface area contributed by atoms with Crippen LogP contribution in [0.2, 0.25) is 0 Å². The molecule has 1 aromatic heterocycles. The van der Waals surface area contributed by atoms with Crippen molar-refractivity contribution in [3.63, 3.8) is 0 Å². The van der Waals surface area contributed by atoms with Gasteiger partial charge in [0, 0.05) is 37.7 Å². The number of pyridine rings is 1. The third-order valence-electron chi connectivity index (χ3n) is 2.95. The SMILES string of the molecule is COCCCNC(=O)c1ccnc(Nc2ccc(F)cc2)c1. The summed E-state index contributed by atoms with van der Waals surface area (Å²) in [6.45, 7) is 1.16. The van der Waals surface area contributed by atoms with Gasteiger partial charge in [0.1, 0.15) is 11.6 Å². The molecule has 0 atom stereocenters. The van der Waals surface area contributed by atoms with Crippen molar-refractivity contribution < 1.29 is 13.9 Å². The van der Waals surface area contributed by atoms with Gasteiger partial charge >= 0.3 is 0 Å². The largest absolute Gasteiger partial charge is 0.385 e. The number of carbonyl (C=O) groups is 1. The van der Waals surface area contributed by atoms with E-state index >= 15 is 0 Å². The molecule has 5 nitrogen and oxygen atoms in total. The van der Waals surface area contributed by atoms with Crippen LogP contribution in [0.4, 0.5) is 15.9 Å².